The first-order chi connectivity index (χ1) is 27.2. The third-order valence-corrected chi connectivity index (χ3v) is 11.5. The number of ether oxygens (including phenoxy) is 1. The van der Waals surface area contributed by atoms with Crippen molar-refractivity contribution in [1.29, 1.82) is 0 Å². The van der Waals surface area contributed by atoms with E-state index in [0.717, 1.165) is 27.8 Å². The van der Waals surface area contributed by atoms with Crippen LogP contribution in [0.5, 0.6) is 5.75 Å². The molecule has 3 atom stereocenters. The second-order valence-corrected chi connectivity index (χ2v) is 16.4. The second kappa shape index (κ2) is 21.9. The Morgan fingerprint density at radius 2 is 1.09 bits per heavy atom. The standard InChI is InChI=1S/C46H54N3O6P/c1-35(2)30-41(46(51)49-42(45(50)47-3)31-36-18-8-4-9-19-36)48-44(29-28-40-26-16-17-27-43(40)53-32-37-20-10-5-11-21-37)56(52,54-33-38-22-12-6-13-23-38)55-34-39-24-14-7-15-25-39/h4-27,35,41-42,44,48H,28-34H2,1-3H3,(H,47,50)(H,49,51)/t41-,42?,44-/m0/s1. The fraction of sp³-hybridized carbons (Fsp3) is 0.304. The Morgan fingerprint density at radius 1 is 0.607 bits per heavy atom. The Hall–Kier alpha value is -5.05. The van der Waals surface area contributed by atoms with E-state index in [-0.39, 0.29) is 37.4 Å². The highest BCUT2D eigenvalue weighted by molar-refractivity contribution is 7.54. The van der Waals surface area contributed by atoms with Gasteiger partial charge in [-0.05, 0) is 59.1 Å². The number of amides is 2. The molecule has 0 bridgehead atoms. The molecule has 3 N–H and O–H groups in total. The van der Waals surface area contributed by atoms with Gasteiger partial charge in [0.1, 0.15) is 24.2 Å². The fourth-order valence-electron chi connectivity index (χ4n) is 6.37. The van der Waals surface area contributed by atoms with Crippen LogP contribution in [0, 0.1) is 5.92 Å². The lowest BCUT2D eigenvalue weighted by Gasteiger charge is -2.32. The number of hydrogen-bond donors (Lipinski definition) is 3. The molecule has 0 aromatic heterocycles. The molecule has 2 amide bonds. The lowest BCUT2D eigenvalue weighted by molar-refractivity contribution is -0.130. The van der Waals surface area contributed by atoms with Crippen molar-refractivity contribution in [2.24, 2.45) is 5.92 Å². The molecule has 5 rings (SSSR count). The van der Waals surface area contributed by atoms with Crippen LogP contribution < -0.4 is 20.7 Å². The zero-order valence-electron chi connectivity index (χ0n) is 32.5. The summed E-state index contributed by atoms with van der Waals surface area (Å²) >= 11 is 0. The van der Waals surface area contributed by atoms with Crippen molar-refractivity contribution in [2.45, 2.75) is 77.2 Å². The molecule has 0 heterocycles. The molecule has 0 radical (unpaired) electrons. The van der Waals surface area contributed by atoms with E-state index < -0.39 is 25.5 Å². The van der Waals surface area contributed by atoms with Gasteiger partial charge >= 0.3 is 7.60 Å². The second-order valence-electron chi connectivity index (χ2n) is 14.2. The van der Waals surface area contributed by atoms with Gasteiger partial charge in [-0.3, -0.25) is 19.5 Å². The van der Waals surface area contributed by atoms with Gasteiger partial charge in [0.05, 0.1) is 19.3 Å². The fourth-order valence-corrected chi connectivity index (χ4v) is 8.27. The number of nitrogens with one attached hydrogen (secondary N) is 3. The highest BCUT2D eigenvalue weighted by Crippen LogP contribution is 2.55. The molecule has 0 saturated carbocycles. The van der Waals surface area contributed by atoms with Gasteiger partial charge < -0.3 is 24.4 Å². The van der Waals surface area contributed by atoms with Crippen molar-refractivity contribution in [3.63, 3.8) is 0 Å². The third kappa shape index (κ3) is 13.3. The number of benzene rings is 5. The van der Waals surface area contributed by atoms with Crippen molar-refractivity contribution in [3.8, 4) is 5.75 Å². The molecule has 0 saturated heterocycles. The highest BCUT2D eigenvalue weighted by Gasteiger charge is 2.40. The van der Waals surface area contributed by atoms with Gasteiger partial charge in [0.2, 0.25) is 11.8 Å². The molecule has 1 unspecified atom stereocenters. The van der Waals surface area contributed by atoms with Gasteiger partial charge in [-0.1, -0.05) is 153 Å². The van der Waals surface area contributed by atoms with E-state index in [2.05, 4.69) is 16.0 Å². The summed E-state index contributed by atoms with van der Waals surface area (Å²) in [6.45, 7) is 4.52. The van der Waals surface area contributed by atoms with Gasteiger partial charge in [0.15, 0.2) is 0 Å². The van der Waals surface area contributed by atoms with E-state index in [0.29, 0.717) is 31.6 Å². The van der Waals surface area contributed by atoms with Gasteiger partial charge in [0, 0.05) is 13.5 Å². The van der Waals surface area contributed by atoms with Crippen molar-refractivity contribution in [2.75, 3.05) is 7.05 Å². The summed E-state index contributed by atoms with van der Waals surface area (Å²) in [4.78, 5) is 27.4. The Balaban J connectivity index is 1.46. The lowest BCUT2D eigenvalue weighted by atomic mass is 10.0. The summed E-state index contributed by atoms with van der Waals surface area (Å²) < 4.78 is 34.4. The minimum absolute atomic E-state index is 0.0404. The predicted octanol–water partition coefficient (Wildman–Crippen LogP) is 8.63. The molecule has 0 aliphatic heterocycles. The zero-order chi connectivity index (χ0) is 39.6. The molecule has 5 aromatic rings. The number of aryl methyl sites for hydroxylation is 1. The summed E-state index contributed by atoms with van der Waals surface area (Å²) in [5, 5.41) is 9.17. The third-order valence-electron chi connectivity index (χ3n) is 9.37. The zero-order valence-corrected chi connectivity index (χ0v) is 33.4. The molecular weight excluding hydrogens is 721 g/mol. The molecule has 0 aliphatic carbocycles. The largest absolute Gasteiger partial charge is 0.489 e. The van der Waals surface area contributed by atoms with E-state index in [1.165, 1.54) is 0 Å². The molecule has 9 nitrogen and oxygen atoms in total. The van der Waals surface area contributed by atoms with E-state index in [4.69, 9.17) is 13.8 Å². The number of para-hydroxylation sites is 1. The Kier molecular flexibility index (Phi) is 16.5. The lowest BCUT2D eigenvalue weighted by Crippen LogP contribution is -2.55. The van der Waals surface area contributed by atoms with E-state index in [1.807, 2.05) is 159 Å². The molecule has 0 aliphatic rings. The van der Waals surface area contributed by atoms with Crippen molar-refractivity contribution >= 4 is 19.4 Å². The summed E-state index contributed by atoms with van der Waals surface area (Å²) in [7, 11) is -2.48. The number of carbonyl (C=O) groups excluding carboxylic acids is 2. The molecular formula is C46H54N3O6P. The monoisotopic (exact) mass is 775 g/mol. The van der Waals surface area contributed by atoms with Gasteiger partial charge in [-0.25, -0.2) is 0 Å². The SMILES string of the molecule is CNC(=O)C(Cc1ccccc1)NC(=O)[C@H](CC(C)C)N[C@H](CCc1ccccc1OCc1ccccc1)P(=O)(OCc1ccccc1)OCc1ccccc1. The molecule has 5 aromatic carbocycles. The topological polar surface area (TPSA) is 115 Å². The van der Waals surface area contributed by atoms with Crippen LogP contribution in [0.4, 0.5) is 0 Å². The maximum Gasteiger partial charge on any atom is 0.348 e. The quantitative estimate of drug-likeness (QED) is 0.0604. The molecule has 294 valence electrons. The number of hydrogen-bond acceptors (Lipinski definition) is 7. The number of rotatable bonds is 22. The van der Waals surface area contributed by atoms with Crippen molar-refractivity contribution < 1.29 is 27.9 Å². The Labute approximate surface area is 331 Å². The smallest absolute Gasteiger partial charge is 0.348 e. The summed E-state index contributed by atoms with van der Waals surface area (Å²) in [5.41, 5.74) is 4.54. The summed E-state index contributed by atoms with van der Waals surface area (Å²) in [5.74, 6) is -0.812. The van der Waals surface area contributed by atoms with Crippen LogP contribution in [-0.4, -0.2) is 36.7 Å². The maximum atomic E-state index is 15.4. The molecule has 56 heavy (non-hydrogen) atoms. The van der Waals surface area contributed by atoms with Crippen LogP contribution in [0.15, 0.2) is 146 Å². The average molecular weight is 776 g/mol. The Morgan fingerprint density at radius 3 is 1.61 bits per heavy atom. The van der Waals surface area contributed by atoms with E-state index in [1.54, 1.807) is 7.05 Å². The van der Waals surface area contributed by atoms with Crippen LogP contribution >= 0.6 is 7.60 Å². The maximum absolute atomic E-state index is 15.4. The van der Waals surface area contributed by atoms with Gasteiger partial charge in [-0.2, -0.15) is 0 Å². The van der Waals surface area contributed by atoms with Gasteiger partial charge in [0.25, 0.3) is 0 Å². The summed E-state index contributed by atoms with van der Waals surface area (Å²) in [6.07, 6.45) is 1.45. The van der Waals surface area contributed by atoms with Crippen molar-refractivity contribution in [1.82, 2.24) is 16.0 Å². The molecule has 0 fully saturated rings. The van der Waals surface area contributed by atoms with Crippen LogP contribution in [0.3, 0.4) is 0 Å². The Bertz CT molecular complexity index is 1920. The van der Waals surface area contributed by atoms with E-state index >= 15 is 4.57 Å². The van der Waals surface area contributed by atoms with Crippen molar-refractivity contribution in [3.05, 3.63) is 173 Å². The first-order valence-corrected chi connectivity index (χ1v) is 20.9. The summed E-state index contributed by atoms with van der Waals surface area (Å²) in [6, 6.07) is 44.7. The minimum Gasteiger partial charge on any atom is -0.489 e. The molecule has 0 spiro atoms. The minimum atomic E-state index is -4.04. The van der Waals surface area contributed by atoms with Gasteiger partial charge in [-0.15, -0.1) is 0 Å². The van der Waals surface area contributed by atoms with Crippen LogP contribution in [0.2, 0.25) is 0 Å². The predicted molar refractivity (Wildman–Crippen MR) is 222 cm³/mol. The van der Waals surface area contributed by atoms with Crippen LogP contribution in [-0.2, 0) is 55.9 Å². The van der Waals surface area contributed by atoms with Crippen LogP contribution in [0.1, 0.15) is 54.5 Å². The number of likely N-dealkylation sites (N-methyl/N-ethyl adjacent to an activating group) is 1. The first-order valence-electron chi connectivity index (χ1n) is 19.3. The normalized spacial score (nSPS) is 13.1. The molecule has 10 heteroatoms. The van der Waals surface area contributed by atoms with E-state index in [9.17, 15) is 9.59 Å². The highest BCUT2D eigenvalue weighted by atomic mass is 31.2. The van der Waals surface area contributed by atoms with Crippen LogP contribution in [0.25, 0.3) is 0 Å². The first kappa shape index (κ1) is 42.1. The average Bonchev–Trinajstić information content (AvgIpc) is 3.23. The number of carbonyl (C=O) groups is 2.